The number of halogens is 1. The lowest BCUT2D eigenvalue weighted by Crippen LogP contribution is -2.45. The van der Waals surface area contributed by atoms with Crippen LogP contribution in [0.4, 0.5) is 0 Å². The first-order chi connectivity index (χ1) is 8.54. The molecule has 1 heterocycles. The van der Waals surface area contributed by atoms with Crippen LogP contribution >= 0.6 is 24.0 Å². The molecule has 112 valence electrons. The zero-order chi connectivity index (χ0) is 13.5. The van der Waals surface area contributed by atoms with Gasteiger partial charge in [0.05, 0.1) is 13.2 Å². The van der Waals surface area contributed by atoms with Crippen molar-refractivity contribution in [3.8, 4) is 0 Å². The van der Waals surface area contributed by atoms with Gasteiger partial charge >= 0.3 is 0 Å². The number of nitrogens with one attached hydrogen (secondary N) is 1. The number of aliphatic imine (C=N–C) groups is 1. The van der Waals surface area contributed by atoms with Gasteiger partial charge in [0.2, 0.25) is 5.91 Å². The summed E-state index contributed by atoms with van der Waals surface area (Å²) in [6.45, 7) is 2.84. The molecule has 0 bridgehead atoms. The summed E-state index contributed by atoms with van der Waals surface area (Å²) < 4.78 is 5.35. The van der Waals surface area contributed by atoms with Crippen LogP contribution in [0.5, 0.6) is 0 Å². The Bertz CT molecular complexity index is 304. The molecule has 1 amide bonds. The standard InChI is InChI=1S/C12H24N4O2.HI/c1-13-12(14-7-11(17)15(2)3)16(4)8-10-5-6-18-9-10;/h10H,5-9H2,1-4H3,(H,13,14);1H. The molecule has 0 aromatic carbocycles. The maximum absolute atomic E-state index is 11.5. The number of carbonyl (C=O) groups is 1. The molecule has 1 atom stereocenters. The zero-order valence-electron chi connectivity index (χ0n) is 12.2. The summed E-state index contributed by atoms with van der Waals surface area (Å²) in [6.07, 6.45) is 1.10. The Hall–Kier alpha value is -0.570. The van der Waals surface area contributed by atoms with Crippen LogP contribution in [0.3, 0.4) is 0 Å². The summed E-state index contributed by atoms with van der Waals surface area (Å²) in [4.78, 5) is 19.3. The maximum atomic E-state index is 11.5. The van der Waals surface area contributed by atoms with Gasteiger partial charge in [-0.3, -0.25) is 9.79 Å². The van der Waals surface area contributed by atoms with Crippen molar-refractivity contribution < 1.29 is 9.53 Å². The van der Waals surface area contributed by atoms with Gasteiger partial charge in [-0.1, -0.05) is 0 Å². The van der Waals surface area contributed by atoms with Crippen LogP contribution in [0, 0.1) is 5.92 Å². The molecule has 1 aliphatic heterocycles. The number of likely N-dealkylation sites (N-methyl/N-ethyl adjacent to an activating group) is 1. The van der Waals surface area contributed by atoms with Gasteiger partial charge in [-0.25, -0.2) is 0 Å². The number of amides is 1. The van der Waals surface area contributed by atoms with Crippen molar-refractivity contribution in [2.75, 3.05) is 54.5 Å². The number of ether oxygens (including phenoxy) is 1. The van der Waals surface area contributed by atoms with Crippen LogP contribution in [0.2, 0.25) is 0 Å². The molecule has 0 saturated carbocycles. The second-order valence-corrected chi connectivity index (χ2v) is 4.80. The summed E-state index contributed by atoms with van der Waals surface area (Å²) in [5.74, 6) is 1.34. The molecule has 0 radical (unpaired) electrons. The van der Waals surface area contributed by atoms with Crippen LogP contribution < -0.4 is 5.32 Å². The van der Waals surface area contributed by atoms with Crippen molar-refractivity contribution in [1.29, 1.82) is 0 Å². The van der Waals surface area contributed by atoms with Crippen molar-refractivity contribution in [2.24, 2.45) is 10.9 Å². The van der Waals surface area contributed by atoms with Gasteiger partial charge in [0.1, 0.15) is 0 Å². The van der Waals surface area contributed by atoms with E-state index in [1.807, 2.05) is 11.9 Å². The van der Waals surface area contributed by atoms with Crippen molar-refractivity contribution in [3.63, 3.8) is 0 Å². The Labute approximate surface area is 132 Å². The van der Waals surface area contributed by atoms with Crippen LogP contribution in [-0.2, 0) is 9.53 Å². The Morgan fingerprint density at radius 2 is 2.11 bits per heavy atom. The van der Waals surface area contributed by atoms with Gasteiger partial charge in [-0.15, -0.1) is 24.0 Å². The van der Waals surface area contributed by atoms with E-state index in [0.29, 0.717) is 5.92 Å². The summed E-state index contributed by atoms with van der Waals surface area (Å²) in [6, 6.07) is 0. The molecule has 19 heavy (non-hydrogen) atoms. The Kier molecular flexibility index (Phi) is 9.07. The zero-order valence-corrected chi connectivity index (χ0v) is 14.5. The van der Waals surface area contributed by atoms with E-state index in [4.69, 9.17) is 4.74 Å². The van der Waals surface area contributed by atoms with E-state index in [1.165, 1.54) is 0 Å². The largest absolute Gasteiger partial charge is 0.381 e. The summed E-state index contributed by atoms with van der Waals surface area (Å²) >= 11 is 0. The van der Waals surface area contributed by atoms with E-state index in [-0.39, 0.29) is 36.4 Å². The molecule has 0 aromatic heterocycles. The van der Waals surface area contributed by atoms with Crippen molar-refractivity contribution in [1.82, 2.24) is 15.1 Å². The van der Waals surface area contributed by atoms with E-state index in [1.54, 1.807) is 26.0 Å². The molecule has 1 rings (SSSR count). The third kappa shape index (κ3) is 6.42. The van der Waals surface area contributed by atoms with E-state index in [9.17, 15) is 4.79 Å². The first kappa shape index (κ1) is 18.4. The van der Waals surface area contributed by atoms with Gasteiger partial charge in [-0.05, 0) is 6.42 Å². The van der Waals surface area contributed by atoms with Crippen molar-refractivity contribution in [3.05, 3.63) is 0 Å². The minimum absolute atomic E-state index is 0. The third-order valence-electron chi connectivity index (χ3n) is 3.03. The molecular formula is C12H25IN4O2. The SMILES string of the molecule is CN=C(NCC(=O)N(C)C)N(C)CC1CCOC1.I. The number of nitrogens with zero attached hydrogens (tertiary/aromatic N) is 3. The van der Waals surface area contributed by atoms with Crippen LogP contribution in [0.15, 0.2) is 4.99 Å². The molecule has 0 spiro atoms. The van der Waals surface area contributed by atoms with E-state index < -0.39 is 0 Å². The lowest BCUT2D eigenvalue weighted by Gasteiger charge is -2.24. The molecule has 0 aromatic rings. The first-order valence-electron chi connectivity index (χ1n) is 6.24. The number of carbonyl (C=O) groups excluding carboxylic acids is 1. The van der Waals surface area contributed by atoms with E-state index in [0.717, 1.165) is 32.1 Å². The van der Waals surface area contributed by atoms with Crippen LogP contribution in [0.1, 0.15) is 6.42 Å². The van der Waals surface area contributed by atoms with E-state index >= 15 is 0 Å². The highest BCUT2D eigenvalue weighted by Gasteiger charge is 2.19. The highest BCUT2D eigenvalue weighted by atomic mass is 127. The summed E-state index contributed by atoms with van der Waals surface area (Å²) in [5.41, 5.74) is 0. The molecule has 1 N–H and O–H groups in total. The minimum atomic E-state index is 0. The Balaban J connectivity index is 0.00000324. The normalized spacial score (nSPS) is 18.7. The van der Waals surface area contributed by atoms with Crippen molar-refractivity contribution in [2.45, 2.75) is 6.42 Å². The lowest BCUT2D eigenvalue weighted by molar-refractivity contribution is -0.127. The Morgan fingerprint density at radius 3 is 2.58 bits per heavy atom. The highest BCUT2D eigenvalue weighted by Crippen LogP contribution is 2.13. The fourth-order valence-electron chi connectivity index (χ4n) is 1.90. The monoisotopic (exact) mass is 384 g/mol. The number of guanidine groups is 1. The molecule has 0 aliphatic carbocycles. The number of rotatable bonds is 4. The average Bonchev–Trinajstić information content (AvgIpc) is 2.82. The maximum Gasteiger partial charge on any atom is 0.241 e. The van der Waals surface area contributed by atoms with Crippen molar-refractivity contribution >= 4 is 35.8 Å². The highest BCUT2D eigenvalue weighted by molar-refractivity contribution is 14.0. The van der Waals surface area contributed by atoms with Crippen LogP contribution in [-0.4, -0.2) is 76.2 Å². The minimum Gasteiger partial charge on any atom is -0.381 e. The molecule has 1 aliphatic rings. The number of hydrogen-bond donors (Lipinski definition) is 1. The van der Waals surface area contributed by atoms with E-state index in [2.05, 4.69) is 10.3 Å². The van der Waals surface area contributed by atoms with Gasteiger partial charge in [0.15, 0.2) is 5.96 Å². The third-order valence-corrected chi connectivity index (χ3v) is 3.03. The average molecular weight is 384 g/mol. The van der Waals surface area contributed by atoms with Gasteiger partial charge in [0.25, 0.3) is 0 Å². The second-order valence-electron chi connectivity index (χ2n) is 4.80. The fourth-order valence-corrected chi connectivity index (χ4v) is 1.90. The second kappa shape index (κ2) is 9.35. The number of hydrogen-bond acceptors (Lipinski definition) is 3. The van der Waals surface area contributed by atoms with Gasteiger partial charge in [-0.2, -0.15) is 0 Å². The Morgan fingerprint density at radius 1 is 1.42 bits per heavy atom. The predicted molar refractivity (Wildman–Crippen MR) is 87.0 cm³/mol. The molecule has 1 fully saturated rings. The topological polar surface area (TPSA) is 57.2 Å². The quantitative estimate of drug-likeness (QED) is 0.429. The van der Waals surface area contributed by atoms with Gasteiger partial charge in [0, 0.05) is 47.3 Å². The smallest absolute Gasteiger partial charge is 0.241 e. The molecule has 6 nitrogen and oxygen atoms in total. The summed E-state index contributed by atoms with van der Waals surface area (Å²) in [5, 5.41) is 3.07. The molecule has 7 heteroatoms. The van der Waals surface area contributed by atoms with Gasteiger partial charge < -0.3 is 19.9 Å². The van der Waals surface area contributed by atoms with Crippen LogP contribution in [0.25, 0.3) is 0 Å². The lowest BCUT2D eigenvalue weighted by atomic mass is 10.1. The fraction of sp³-hybridized carbons (Fsp3) is 0.833. The summed E-state index contributed by atoms with van der Waals surface area (Å²) in [7, 11) is 7.19. The molecular weight excluding hydrogens is 359 g/mol. The molecule has 1 unspecified atom stereocenters. The predicted octanol–water partition coefficient (Wildman–Crippen LogP) is 0.236. The molecule has 1 saturated heterocycles. The first-order valence-corrected chi connectivity index (χ1v) is 6.24.